The molecule has 0 radical (unpaired) electrons. The summed E-state index contributed by atoms with van der Waals surface area (Å²) in [7, 11) is 3.61. The van der Waals surface area contributed by atoms with Crippen LogP contribution < -0.4 is 15.4 Å². The summed E-state index contributed by atoms with van der Waals surface area (Å²) in [6.45, 7) is 4.32. The van der Waals surface area contributed by atoms with Crippen molar-refractivity contribution in [2.75, 3.05) is 58.7 Å². The van der Waals surface area contributed by atoms with E-state index < -0.39 is 0 Å². The molecule has 0 aromatic heterocycles. The molecule has 3 rings (SSSR count). The van der Waals surface area contributed by atoms with E-state index in [0.29, 0.717) is 30.1 Å². The highest BCUT2D eigenvalue weighted by Gasteiger charge is 2.22. The Morgan fingerprint density at radius 2 is 1.82 bits per heavy atom. The summed E-state index contributed by atoms with van der Waals surface area (Å²) in [5.74, 6) is 1.13. The molecular weight excluding hydrogens is 403 g/mol. The van der Waals surface area contributed by atoms with Crippen molar-refractivity contribution in [3.05, 3.63) is 23.8 Å². The molecule has 2 fully saturated rings. The first-order valence-electron chi connectivity index (χ1n) is 9.23. The van der Waals surface area contributed by atoms with Gasteiger partial charge in [0.2, 0.25) is 5.91 Å². The second kappa shape index (κ2) is 11.5. The number of benzene rings is 1. The Kier molecular flexibility index (Phi) is 10.0. The number of hydrogen-bond acceptors (Lipinski definition) is 5. The van der Waals surface area contributed by atoms with E-state index in [2.05, 4.69) is 22.6 Å². The number of likely N-dealkylation sites (N-methyl/N-ethyl adjacent to an activating group) is 1. The number of amides is 2. The van der Waals surface area contributed by atoms with E-state index in [1.807, 2.05) is 4.90 Å². The molecule has 28 heavy (non-hydrogen) atoms. The number of ether oxygens (including phenoxy) is 1. The lowest BCUT2D eigenvalue weighted by atomic mass is 10.1. The van der Waals surface area contributed by atoms with Crippen molar-refractivity contribution >= 4 is 42.3 Å². The second-order valence-electron chi connectivity index (χ2n) is 7.13. The van der Waals surface area contributed by atoms with Gasteiger partial charge in [-0.1, -0.05) is 0 Å². The molecule has 2 aliphatic rings. The van der Waals surface area contributed by atoms with Crippen molar-refractivity contribution in [3.63, 3.8) is 0 Å². The third kappa shape index (κ3) is 6.81. The van der Waals surface area contributed by atoms with Gasteiger partial charge in [-0.15, -0.1) is 24.8 Å². The number of carbonyl (C=O) groups excluding carboxylic acids is 2. The minimum atomic E-state index is -0.131. The Balaban J connectivity index is 0.00000196. The summed E-state index contributed by atoms with van der Waals surface area (Å²) in [6, 6.07) is 5.19. The number of nitrogens with zero attached hydrogens (tertiary/aromatic N) is 2. The molecule has 1 aliphatic carbocycles. The monoisotopic (exact) mass is 432 g/mol. The fraction of sp³-hybridized carbons (Fsp3) is 0.579. The van der Waals surface area contributed by atoms with Gasteiger partial charge in [0.15, 0.2) is 0 Å². The normalized spacial score (nSPS) is 16.6. The number of carbonyl (C=O) groups is 2. The number of anilines is 1. The number of nitrogens with one attached hydrogen (secondary N) is 2. The van der Waals surface area contributed by atoms with Gasteiger partial charge in [-0.05, 0) is 50.6 Å². The van der Waals surface area contributed by atoms with Crippen LogP contribution in [0.15, 0.2) is 18.2 Å². The van der Waals surface area contributed by atoms with Crippen LogP contribution in [0.3, 0.4) is 0 Å². The van der Waals surface area contributed by atoms with Crippen molar-refractivity contribution in [2.45, 2.75) is 12.8 Å². The Bertz CT molecular complexity index is 663. The largest absolute Gasteiger partial charge is 0.495 e. The number of piperazine rings is 1. The Morgan fingerprint density at radius 1 is 1.14 bits per heavy atom. The van der Waals surface area contributed by atoms with Gasteiger partial charge in [0.05, 0.1) is 19.3 Å². The predicted octanol–water partition coefficient (Wildman–Crippen LogP) is 1.86. The van der Waals surface area contributed by atoms with Crippen molar-refractivity contribution in [3.8, 4) is 5.75 Å². The van der Waals surface area contributed by atoms with E-state index in [-0.39, 0.29) is 43.2 Å². The second-order valence-corrected chi connectivity index (χ2v) is 7.13. The number of methoxy groups -OCH3 is 1. The molecule has 1 heterocycles. The minimum absolute atomic E-state index is 0. The summed E-state index contributed by atoms with van der Waals surface area (Å²) in [4.78, 5) is 29.0. The van der Waals surface area contributed by atoms with Gasteiger partial charge in [-0.3, -0.25) is 9.59 Å². The van der Waals surface area contributed by atoms with Gasteiger partial charge in [0.25, 0.3) is 5.91 Å². The maximum atomic E-state index is 12.7. The summed E-state index contributed by atoms with van der Waals surface area (Å²) in [5.41, 5.74) is 1.10. The predicted molar refractivity (Wildman–Crippen MR) is 115 cm³/mol. The molecule has 0 spiro atoms. The highest BCUT2D eigenvalue weighted by atomic mass is 35.5. The van der Waals surface area contributed by atoms with Crippen molar-refractivity contribution in [1.29, 1.82) is 0 Å². The molecule has 9 heteroatoms. The third-order valence-corrected chi connectivity index (χ3v) is 4.93. The first kappa shape index (κ1) is 24.5. The first-order chi connectivity index (χ1) is 12.6. The number of hydrogen-bond donors (Lipinski definition) is 2. The van der Waals surface area contributed by atoms with Gasteiger partial charge in [0, 0.05) is 31.7 Å². The SMILES string of the molecule is COc1ccc(C(=O)N2CCN(C)CC2)cc1NC(=O)CNCC1CC1.Cl.Cl. The van der Waals surface area contributed by atoms with Crippen LogP contribution in [0, 0.1) is 5.92 Å². The molecule has 158 valence electrons. The first-order valence-corrected chi connectivity index (χ1v) is 9.23. The summed E-state index contributed by atoms with van der Waals surface area (Å²) >= 11 is 0. The zero-order chi connectivity index (χ0) is 18.5. The van der Waals surface area contributed by atoms with E-state index in [4.69, 9.17) is 4.74 Å². The Morgan fingerprint density at radius 3 is 2.43 bits per heavy atom. The van der Waals surface area contributed by atoms with Crippen molar-refractivity contribution in [1.82, 2.24) is 15.1 Å². The molecule has 1 saturated heterocycles. The van der Waals surface area contributed by atoms with E-state index >= 15 is 0 Å². The summed E-state index contributed by atoms with van der Waals surface area (Å²) in [5, 5.41) is 6.02. The molecule has 2 amide bonds. The lowest BCUT2D eigenvalue weighted by Gasteiger charge is -2.32. The zero-order valence-corrected chi connectivity index (χ0v) is 18.0. The minimum Gasteiger partial charge on any atom is -0.495 e. The maximum absolute atomic E-state index is 12.7. The van der Waals surface area contributed by atoms with Crippen LogP contribution in [-0.2, 0) is 4.79 Å². The van der Waals surface area contributed by atoms with Gasteiger partial charge in [-0.25, -0.2) is 0 Å². The lowest BCUT2D eigenvalue weighted by molar-refractivity contribution is -0.115. The quantitative estimate of drug-likeness (QED) is 0.687. The molecular formula is C19H30Cl2N4O3. The van der Waals surface area contributed by atoms with Gasteiger partial charge in [-0.2, -0.15) is 0 Å². The third-order valence-electron chi connectivity index (χ3n) is 4.93. The molecule has 0 bridgehead atoms. The molecule has 0 unspecified atom stereocenters. The Labute approximate surface area is 179 Å². The fourth-order valence-electron chi connectivity index (χ4n) is 3.04. The molecule has 7 nitrogen and oxygen atoms in total. The standard InChI is InChI=1S/C19H28N4O3.2ClH/c1-22-7-9-23(10-8-22)19(25)15-5-6-17(26-2)16(11-15)21-18(24)13-20-12-14-3-4-14;;/h5-6,11,14,20H,3-4,7-10,12-13H2,1-2H3,(H,21,24);2*1H. The van der Waals surface area contributed by atoms with Crippen LogP contribution in [0.5, 0.6) is 5.75 Å². The average molecular weight is 433 g/mol. The van der Waals surface area contributed by atoms with E-state index in [1.165, 1.54) is 12.8 Å². The van der Waals surface area contributed by atoms with Gasteiger partial charge < -0.3 is 25.2 Å². The maximum Gasteiger partial charge on any atom is 0.254 e. The van der Waals surface area contributed by atoms with Crippen molar-refractivity contribution < 1.29 is 14.3 Å². The fourth-order valence-corrected chi connectivity index (χ4v) is 3.04. The molecule has 1 aromatic rings. The molecule has 1 aromatic carbocycles. The van der Waals surface area contributed by atoms with Crippen LogP contribution in [0.4, 0.5) is 5.69 Å². The number of rotatable bonds is 7. The van der Waals surface area contributed by atoms with E-state index in [9.17, 15) is 9.59 Å². The van der Waals surface area contributed by atoms with Crippen LogP contribution in [0.1, 0.15) is 23.2 Å². The zero-order valence-electron chi connectivity index (χ0n) is 16.4. The average Bonchev–Trinajstić information content (AvgIpc) is 3.46. The summed E-state index contributed by atoms with van der Waals surface area (Å²) in [6.07, 6.45) is 2.50. The Hall–Kier alpha value is -1.54. The number of halogens is 2. The highest BCUT2D eigenvalue weighted by Crippen LogP contribution is 2.28. The highest BCUT2D eigenvalue weighted by molar-refractivity contribution is 5.99. The van der Waals surface area contributed by atoms with Crippen LogP contribution in [0.2, 0.25) is 0 Å². The smallest absolute Gasteiger partial charge is 0.254 e. The molecule has 0 atom stereocenters. The van der Waals surface area contributed by atoms with Gasteiger partial charge in [0.1, 0.15) is 5.75 Å². The summed E-state index contributed by atoms with van der Waals surface area (Å²) < 4.78 is 5.33. The molecule has 1 aliphatic heterocycles. The topological polar surface area (TPSA) is 73.9 Å². The molecule has 1 saturated carbocycles. The molecule has 2 N–H and O–H groups in total. The van der Waals surface area contributed by atoms with E-state index in [1.54, 1.807) is 25.3 Å². The van der Waals surface area contributed by atoms with E-state index in [0.717, 1.165) is 25.6 Å². The van der Waals surface area contributed by atoms with Crippen LogP contribution in [-0.4, -0.2) is 75.0 Å². The van der Waals surface area contributed by atoms with Crippen LogP contribution in [0.25, 0.3) is 0 Å². The van der Waals surface area contributed by atoms with Crippen LogP contribution >= 0.6 is 24.8 Å². The van der Waals surface area contributed by atoms with Crippen molar-refractivity contribution in [2.24, 2.45) is 5.92 Å². The lowest BCUT2D eigenvalue weighted by Crippen LogP contribution is -2.47. The van der Waals surface area contributed by atoms with Gasteiger partial charge >= 0.3 is 0 Å².